The van der Waals surface area contributed by atoms with Gasteiger partial charge in [0.25, 0.3) is 0 Å². The normalized spacial score (nSPS) is 17.2. The van der Waals surface area contributed by atoms with Crippen LogP contribution >= 0.6 is 0 Å². The summed E-state index contributed by atoms with van der Waals surface area (Å²) < 4.78 is 14.8. The Balaban J connectivity index is 0.000000355. The van der Waals surface area contributed by atoms with E-state index in [9.17, 15) is 0 Å². The molecule has 2 aromatic carbocycles. The molecule has 5 heteroatoms. The summed E-state index contributed by atoms with van der Waals surface area (Å²) in [5, 5.41) is 2.63. The van der Waals surface area contributed by atoms with Gasteiger partial charge in [0, 0.05) is 39.6 Å². The fourth-order valence-corrected chi connectivity index (χ4v) is 5.57. The average molecular weight is 630 g/mol. The third-order valence-corrected chi connectivity index (χ3v) is 8.56. The molecule has 4 heterocycles. The Morgan fingerprint density at radius 3 is 0.867 bits per heavy atom. The molecule has 0 atom stereocenters. The quantitative estimate of drug-likeness (QED) is 0.241. The first-order valence-electron chi connectivity index (χ1n) is 17.2. The number of hydrogen-bond donors (Lipinski definition) is 0. The second-order valence-electron chi connectivity index (χ2n) is 16.9. The maximum atomic E-state index is 5.29. The van der Waals surface area contributed by atoms with Crippen molar-refractivity contribution in [2.45, 2.75) is 143 Å². The van der Waals surface area contributed by atoms with E-state index in [1.54, 1.807) is 0 Å². The molecule has 0 spiro atoms. The summed E-state index contributed by atoms with van der Waals surface area (Å²) in [6, 6.07) is 9.60. The number of hydrogen-bond acceptors (Lipinski definition) is 3. The third kappa shape index (κ3) is 11.9. The molecule has 6 rings (SSSR count). The summed E-state index contributed by atoms with van der Waals surface area (Å²) in [5.74, 6) is 0. The van der Waals surface area contributed by atoms with E-state index >= 15 is 0 Å². The fourth-order valence-electron chi connectivity index (χ4n) is 5.57. The van der Waals surface area contributed by atoms with E-state index in [4.69, 9.17) is 19.2 Å². The van der Waals surface area contributed by atoms with Gasteiger partial charge in [0.05, 0.1) is 0 Å². The van der Waals surface area contributed by atoms with Gasteiger partial charge in [0.1, 0.15) is 0 Å². The number of rotatable bonds is 0. The van der Waals surface area contributed by atoms with Crippen molar-refractivity contribution in [3.63, 3.8) is 0 Å². The number of aromatic nitrogens is 1. The Morgan fingerprint density at radius 2 is 0.689 bits per heavy atom. The molecule has 3 aliphatic heterocycles. The monoisotopic (exact) mass is 629 g/mol. The smallest absolute Gasteiger partial charge is 0.656 e. The zero-order valence-electron chi connectivity index (χ0n) is 31.5. The SMILES string of the molecule is C1CCOC1.C1CCOC1.C1CCOC1.CC(C)(C)c1cc(C(C)(C)C)c2[n-]c3c(C(C)(C)C)cc(C(C)(C)C)cc3c2c1.[Na+]. The Bertz CT molecular complexity index is 1180. The largest absolute Gasteiger partial charge is 1.00 e. The van der Waals surface area contributed by atoms with E-state index in [1.807, 2.05) is 0 Å². The van der Waals surface area contributed by atoms with E-state index in [0.717, 1.165) is 39.6 Å². The molecule has 45 heavy (non-hydrogen) atoms. The summed E-state index contributed by atoms with van der Waals surface area (Å²) in [5.41, 5.74) is 8.15. The maximum Gasteiger partial charge on any atom is 1.00 e. The van der Waals surface area contributed by atoms with Crippen molar-refractivity contribution in [1.29, 1.82) is 0 Å². The molecule has 0 aliphatic carbocycles. The molecule has 0 N–H and O–H groups in total. The van der Waals surface area contributed by atoms with Crippen LogP contribution in [0.2, 0.25) is 0 Å². The Labute approximate surface area is 298 Å². The van der Waals surface area contributed by atoms with Crippen molar-refractivity contribution in [2.24, 2.45) is 0 Å². The second-order valence-corrected chi connectivity index (χ2v) is 16.9. The molecule has 0 bridgehead atoms. The molecule has 3 saturated heterocycles. The van der Waals surface area contributed by atoms with Gasteiger partial charge >= 0.3 is 29.6 Å². The number of fused-ring (bicyclic) bond motifs is 3. The number of ether oxygens (including phenoxy) is 3. The van der Waals surface area contributed by atoms with Crippen LogP contribution in [0.15, 0.2) is 24.3 Å². The van der Waals surface area contributed by atoms with E-state index in [2.05, 4.69) is 107 Å². The molecule has 0 radical (unpaired) electrons. The first-order chi connectivity index (χ1) is 20.4. The molecule has 3 aromatic rings. The van der Waals surface area contributed by atoms with Crippen molar-refractivity contribution in [3.05, 3.63) is 46.5 Å². The summed E-state index contributed by atoms with van der Waals surface area (Å²) >= 11 is 0. The maximum absolute atomic E-state index is 5.29. The molecule has 1 aromatic heterocycles. The minimum atomic E-state index is 0. The minimum absolute atomic E-state index is 0. The van der Waals surface area contributed by atoms with Gasteiger partial charge in [-0.1, -0.05) is 118 Å². The molecule has 3 aliphatic rings. The zero-order valence-corrected chi connectivity index (χ0v) is 33.5. The van der Waals surface area contributed by atoms with Crippen molar-refractivity contribution in [1.82, 2.24) is 4.98 Å². The van der Waals surface area contributed by atoms with Crippen molar-refractivity contribution < 1.29 is 43.8 Å². The van der Waals surface area contributed by atoms with Crippen LogP contribution in [0.3, 0.4) is 0 Å². The summed E-state index contributed by atoms with van der Waals surface area (Å²) in [6.45, 7) is 33.7. The first-order valence-corrected chi connectivity index (χ1v) is 17.2. The topological polar surface area (TPSA) is 41.8 Å². The van der Waals surface area contributed by atoms with Gasteiger partial charge in [0.15, 0.2) is 0 Å². The van der Waals surface area contributed by atoms with Crippen LogP contribution in [0.5, 0.6) is 0 Å². The third-order valence-electron chi connectivity index (χ3n) is 8.56. The van der Waals surface area contributed by atoms with Crippen molar-refractivity contribution >= 4 is 21.8 Å². The molecule has 0 saturated carbocycles. The first kappa shape index (κ1) is 40.3. The van der Waals surface area contributed by atoms with E-state index in [-0.39, 0.29) is 51.2 Å². The molecule has 0 unspecified atom stereocenters. The van der Waals surface area contributed by atoms with Crippen LogP contribution < -0.4 is 34.5 Å². The Morgan fingerprint density at radius 1 is 0.422 bits per heavy atom. The van der Waals surface area contributed by atoms with Gasteiger partial charge in [-0.2, -0.15) is 0 Å². The van der Waals surface area contributed by atoms with Gasteiger partial charge in [0.2, 0.25) is 0 Å². The minimum Gasteiger partial charge on any atom is -0.656 e. The number of nitrogens with zero attached hydrogens (tertiary/aromatic N) is 1. The summed E-state index contributed by atoms with van der Waals surface area (Å²) in [6.07, 6.45) is 7.67. The summed E-state index contributed by atoms with van der Waals surface area (Å²) in [7, 11) is 0. The van der Waals surface area contributed by atoms with E-state index < -0.39 is 0 Å². The molecular weight excluding hydrogens is 565 g/mol. The van der Waals surface area contributed by atoms with Crippen LogP contribution in [0, 0.1) is 0 Å². The van der Waals surface area contributed by atoms with E-state index in [0.29, 0.717) is 0 Å². The van der Waals surface area contributed by atoms with Crippen LogP contribution in [-0.4, -0.2) is 39.6 Å². The van der Waals surface area contributed by atoms with Gasteiger partial charge in [-0.15, -0.1) is 11.0 Å². The molecular formula is C40H64NNaO3. The van der Waals surface area contributed by atoms with Crippen LogP contribution in [-0.2, 0) is 35.9 Å². The van der Waals surface area contributed by atoms with Crippen LogP contribution in [0.25, 0.3) is 21.8 Å². The van der Waals surface area contributed by atoms with Gasteiger partial charge in [-0.05, 0) is 82.1 Å². The molecule has 3 fully saturated rings. The number of benzene rings is 2. The van der Waals surface area contributed by atoms with E-state index in [1.165, 1.54) is 82.6 Å². The van der Waals surface area contributed by atoms with Gasteiger partial charge in [-0.3, -0.25) is 0 Å². The van der Waals surface area contributed by atoms with Crippen molar-refractivity contribution in [3.8, 4) is 0 Å². The average Bonchev–Trinajstić information content (AvgIpc) is 3.75. The predicted octanol–water partition coefficient (Wildman–Crippen LogP) is 7.53. The zero-order chi connectivity index (χ0) is 32.8. The summed E-state index contributed by atoms with van der Waals surface area (Å²) in [4.78, 5) is 5.29. The molecule has 248 valence electrons. The molecule has 0 amide bonds. The van der Waals surface area contributed by atoms with Crippen LogP contribution in [0.1, 0.15) is 144 Å². The standard InChI is InChI=1S/C28H40N.3C4H8O.Na/c1-25(2,3)17-13-19-20-14-18(26(4,5)6)16-22(28(10,11)12)24(20)29-23(19)21(15-17)27(7,8)9;3*1-2-4-5-3-1;/h13-16H,1-12H3;3*1-4H2;/q-1;;;;+1. The Hall–Kier alpha value is -0.880. The fraction of sp³-hybridized carbons (Fsp3) is 0.700. The molecule has 4 nitrogen and oxygen atoms in total. The van der Waals surface area contributed by atoms with Crippen molar-refractivity contribution in [2.75, 3.05) is 39.6 Å². The van der Waals surface area contributed by atoms with Gasteiger partial charge in [-0.25, -0.2) is 0 Å². The Kier molecular flexibility index (Phi) is 15.2. The predicted molar refractivity (Wildman–Crippen MR) is 190 cm³/mol. The van der Waals surface area contributed by atoms with Gasteiger partial charge < -0.3 is 19.2 Å². The van der Waals surface area contributed by atoms with Crippen LogP contribution in [0.4, 0.5) is 0 Å². The second kappa shape index (κ2) is 17.0.